The number of aromatic nitrogens is 1. The van der Waals surface area contributed by atoms with E-state index in [1.165, 1.54) is 0 Å². The summed E-state index contributed by atoms with van der Waals surface area (Å²) in [7, 11) is 0. The molecular weight excluding hydrogens is 238 g/mol. The van der Waals surface area contributed by atoms with Gasteiger partial charge >= 0.3 is 0 Å². The fourth-order valence-corrected chi connectivity index (χ4v) is 2.24. The molecular formula is C12H16ClN3O. The van der Waals surface area contributed by atoms with Gasteiger partial charge in [0.05, 0.1) is 5.56 Å². The lowest BCUT2D eigenvalue weighted by molar-refractivity contribution is 0.0343. The molecule has 2 rings (SSSR count). The van der Waals surface area contributed by atoms with Crippen LogP contribution in [0.5, 0.6) is 0 Å². The van der Waals surface area contributed by atoms with E-state index in [4.69, 9.17) is 21.7 Å². The van der Waals surface area contributed by atoms with Crippen LogP contribution >= 0.6 is 11.6 Å². The number of nitrogens with zero attached hydrogens (tertiary/aromatic N) is 1. The highest BCUT2D eigenvalue weighted by Crippen LogP contribution is 2.25. The van der Waals surface area contributed by atoms with Crippen molar-refractivity contribution in [3.8, 4) is 0 Å². The molecule has 1 aromatic heterocycles. The normalized spacial score (nSPS) is 20.0. The molecule has 1 atom stereocenters. The van der Waals surface area contributed by atoms with Crippen LogP contribution in [0.2, 0.25) is 5.15 Å². The zero-order valence-corrected chi connectivity index (χ0v) is 10.5. The maximum atomic E-state index is 7.73. The Morgan fingerprint density at radius 3 is 3.06 bits per heavy atom. The van der Waals surface area contributed by atoms with Crippen molar-refractivity contribution < 1.29 is 4.74 Å². The van der Waals surface area contributed by atoms with E-state index in [0.717, 1.165) is 31.6 Å². The smallest absolute Gasteiger partial charge is 0.140 e. The minimum absolute atomic E-state index is 0.0142. The molecule has 0 aliphatic carbocycles. The largest absolute Gasteiger partial charge is 0.359 e. The van der Waals surface area contributed by atoms with Crippen molar-refractivity contribution in [1.29, 1.82) is 5.41 Å². The van der Waals surface area contributed by atoms with E-state index in [2.05, 4.69) is 10.3 Å². The van der Waals surface area contributed by atoms with Crippen molar-refractivity contribution in [2.75, 3.05) is 11.9 Å². The van der Waals surface area contributed by atoms with Crippen molar-refractivity contribution >= 4 is 23.0 Å². The van der Waals surface area contributed by atoms with E-state index >= 15 is 0 Å². The Labute approximate surface area is 106 Å². The SMILES string of the molecule is CC(=N)c1c(NC2CCCCO2)ccnc1Cl. The van der Waals surface area contributed by atoms with E-state index in [0.29, 0.717) is 16.4 Å². The van der Waals surface area contributed by atoms with Gasteiger partial charge in [-0.25, -0.2) is 4.98 Å². The van der Waals surface area contributed by atoms with Crippen LogP contribution in [0.3, 0.4) is 0 Å². The molecule has 0 amide bonds. The molecule has 2 heterocycles. The molecule has 0 radical (unpaired) electrons. The third kappa shape index (κ3) is 2.96. The van der Waals surface area contributed by atoms with E-state index in [9.17, 15) is 0 Å². The van der Waals surface area contributed by atoms with Crippen LogP contribution in [0.15, 0.2) is 12.3 Å². The van der Waals surface area contributed by atoms with Gasteiger partial charge in [-0.15, -0.1) is 0 Å². The first-order valence-corrected chi connectivity index (χ1v) is 6.14. The van der Waals surface area contributed by atoms with Crippen LogP contribution in [0, 0.1) is 5.41 Å². The molecule has 2 N–H and O–H groups in total. The Bertz CT molecular complexity index is 416. The molecule has 92 valence electrons. The van der Waals surface area contributed by atoms with E-state index in [1.54, 1.807) is 13.1 Å². The van der Waals surface area contributed by atoms with Crippen LogP contribution < -0.4 is 5.32 Å². The van der Waals surface area contributed by atoms with Gasteiger partial charge in [0.1, 0.15) is 11.4 Å². The van der Waals surface area contributed by atoms with Crippen molar-refractivity contribution in [3.63, 3.8) is 0 Å². The Hall–Kier alpha value is -1.13. The van der Waals surface area contributed by atoms with E-state index < -0.39 is 0 Å². The lowest BCUT2D eigenvalue weighted by Crippen LogP contribution is -2.28. The molecule has 0 bridgehead atoms. The molecule has 1 aliphatic rings. The maximum absolute atomic E-state index is 7.73. The minimum Gasteiger partial charge on any atom is -0.359 e. The molecule has 5 heteroatoms. The average Bonchev–Trinajstić information content (AvgIpc) is 2.30. The van der Waals surface area contributed by atoms with Crippen LogP contribution in [-0.4, -0.2) is 23.5 Å². The molecule has 0 saturated carbocycles. The lowest BCUT2D eigenvalue weighted by Gasteiger charge is -2.25. The fraction of sp³-hybridized carbons (Fsp3) is 0.500. The Morgan fingerprint density at radius 1 is 1.59 bits per heavy atom. The Kier molecular flexibility index (Phi) is 3.97. The van der Waals surface area contributed by atoms with E-state index in [-0.39, 0.29) is 6.23 Å². The second-order valence-corrected chi connectivity index (χ2v) is 4.51. The van der Waals surface area contributed by atoms with Crippen LogP contribution in [0.1, 0.15) is 31.7 Å². The predicted molar refractivity (Wildman–Crippen MR) is 69.0 cm³/mol. The number of hydrogen-bond acceptors (Lipinski definition) is 4. The molecule has 17 heavy (non-hydrogen) atoms. The summed E-state index contributed by atoms with van der Waals surface area (Å²) in [6.45, 7) is 2.49. The molecule has 1 fully saturated rings. The van der Waals surface area contributed by atoms with Crippen molar-refractivity contribution in [2.24, 2.45) is 0 Å². The summed E-state index contributed by atoms with van der Waals surface area (Å²) in [5.74, 6) is 0. The monoisotopic (exact) mass is 253 g/mol. The van der Waals surface area contributed by atoms with Gasteiger partial charge in [0.15, 0.2) is 0 Å². The zero-order chi connectivity index (χ0) is 12.3. The summed E-state index contributed by atoms with van der Waals surface area (Å²) in [6.07, 6.45) is 4.91. The van der Waals surface area contributed by atoms with Crippen molar-refractivity contribution in [2.45, 2.75) is 32.4 Å². The number of pyridine rings is 1. The average molecular weight is 254 g/mol. The van der Waals surface area contributed by atoms with Gasteiger partial charge in [0.2, 0.25) is 0 Å². The van der Waals surface area contributed by atoms with Crippen molar-refractivity contribution in [3.05, 3.63) is 23.0 Å². The number of halogens is 1. The minimum atomic E-state index is 0.0142. The fourth-order valence-electron chi connectivity index (χ4n) is 1.94. The number of rotatable bonds is 3. The van der Waals surface area contributed by atoms with Gasteiger partial charge in [-0.1, -0.05) is 11.6 Å². The highest BCUT2D eigenvalue weighted by atomic mass is 35.5. The summed E-state index contributed by atoms with van der Waals surface area (Å²) in [6, 6.07) is 1.83. The summed E-state index contributed by atoms with van der Waals surface area (Å²) in [5.41, 5.74) is 1.88. The standard InChI is InChI=1S/C12H16ClN3O/c1-8(14)11-9(5-6-15-12(11)13)16-10-4-2-3-7-17-10/h5-6,10,14H,2-4,7H2,1H3,(H,15,16). The first kappa shape index (κ1) is 12.3. The predicted octanol–water partition coefficient (Wildman–Crippen LogP) is 3.06. The third-order valence-electron chi connectivity index (χ3n) is 2.78. The molecule has 4 nitrogen and oxygen atoms in total. The van der Waals surface area contributed by atoms with E-state index in [1.807, 2.05) is 6.07 Å². The van der Waals surface area contributed by atoms with Crippen molar-refractivity contribution in [1.82, 2.24) is 4.98 Å². The van der Waals surface area contributed by atoms with Crippen LogP contribution in [0.4, 0.5) is 5.69 Å². The van der Waals surface area contributed by atoms with Gasteiger partial charge < -0.3 is 15.5 Å². The molecule has 1 saturated heterocycles. The summed E-state index contributed by atoms with van der Waals surface area (Å²) >= 11 is 6.01. The molecule has 1 aliphatic heterocycles. The quantitative estimate of drug-likeness (QED) is 0.643. The van der Waals surface area contributed by atoms with Gasteiger partial charge in [-0.2, -0.15) is 0 Å². The maximum Gasteiger partial charge on any atom is 0.140 e. The third-order valence-corrected chi connectivity index (χ3v) is 3.06. The summed E-state index contributed by atoms with van der Waals surface area (Å²) in [5, 5.41) is 11.4. The first-order chi connectivity index (χ1) is 8.18. The molecule has 1 aromatic rings. The highest BCUT2D eigenvalue weighted by Gasteiger charge is 2.17. The second kappa shape index (κ2) is 5.47. The zero-order valence-electron chi connectivity index (χ0n) is 9.79. The van der Waals surface area contributed by atoms with Gasteiger partial charge in [-0.05, 0) is 32.3 Å². The topological polar surface area (TPSA) is 58.0 Å². The number of ether oxygens (including phenoxy) is 1. The first-order valence-electron chi connectivity index (χ1n) is 5.76. The Balaban J connectivity index is 2.19. The number of nitrogens with one attached hydrogen (secondary N) is 2. The lowest BCUT2D eigenvalue weighted by atomic mass is 10.1. The molecule has 0 spiro atoms. The van der Waals surface area contributed by atoms with Crippen LogP contribution in [0.25, 0.3) is 0 Å². The molecule has 0 aromatic carbocycles. The van der Waals surface area contributed by atoms with Gasteiger partial charge in [0.25, 0.3) is 0 Å². The number of anilines is 1. The Morgan fingerprint density at radius 2 is 2.41 bits per heavy atom. The highest BCUT2D eigenvalue weighted by molar-refractivity contribution is 6.33. The number of hydrogen-bond donors (Lipinski definition) is 2. The van der Waals surface area contributed by atoms with Crippen LogP contribution in [-0.2, 0) is 4.74 Å². The van der Waals surface area contributed by atoms with Gasteiger partial charge in [-0.3, -0.25) is 0 Å². The molecule has 1 unspecified atom stereocenters. The summed E-state index contributed by atoms with van der Waals surface area (Å²) < 4.78 is 5.61. The van der Waals surface area contributed by atoms with Gasteiger partial charge in [0, 0.05) is 24.2 Å². The summed E-state index contributed by atoms with van der Waals surface area (Å²) in [4.78, 5) is 4.00. The second-order valence-electron chi connectivity index (χ2n) is 4.15.